The highest BCUT2D eigenvalue weighted by molar-refractivity contribution is 7.99. The number of nitro benzene ring substituents is 1. The van der Waals surface area contributed by atoms with Crippen LogP contribution in [0.1, 0.15) is 44.9 Å². The summed E-state index contributed by atoms with van der Waals surface area (Å²) in [5, 5.41) is 24.0. The number of rotatable bonds is 9. The predicted octanol–water partition coefficient (Wildman–Crippen LogP) is 5.63. The molecule has 10 heteroatoms. The highest BCUT2D eigenvalue weighted by Crippen LogP contribution is 2.41. The van der Waals surface area contributed by atoms with Gasteiger partial charge < -0.3 is 14.8 Å². The maximum atomic E-state index is 11.5. The Morgan fingerprint density at radius 3 is 2.82 bits per heavy atom. The smallest absolute Gasteiger partial charge is 0.270 e. The quantitative estimate of drug-likeness (QED) is 0.185. The molecule has 0 spiro atoms. The summed E-state index contributed by atoms with van der Waals surface area (Å²) in [7, 11) is 0. The van der Waals surface area contributed by atoms with Crippen molar-refractivity contribution in [3.63, 3.8) is 0 Å². The van der Waals surface area contributed by atoms with E-state index in [9.17, 15) is 10.1 Å². The molecule has 1 N–H and O–H groups in total. The first-order valence-corrected chi connectivity index (χ1v) is 11.9. The Morgan fingerprint density at radius 2 is 2.03 bits per heavy atom. The van der Waals surface area contributed by atoms with E-state index in [-0.39, 0.29) is 5.69 Å². The lowest BCUT2D eigenvalue weighted by atomic mass is 10.1. The number of nitro groups is 1. The molecule has 0 aliphatic carbocycles. The van der Waals surface area contributed by atoms with Crippen LogP contribution in [-0.2, 0) is 0 Å². The lowest BCUT2D eigenvalue weighted by molar-refractivity contribution is -0.385. The van der Waals surface area contributed by atoms with Crippen LogP contribution in [0.4, 0.5) is 11.4 Å². The second-order valence-corrected chi connectivity index (χ2v) is 8.53. The molecule has 1 aliphatic heterocycles. The van der Waals surface area contributed by atoms with Crippen molar-refractivity contribution in [3.8, 4) is 22.9 Å². The van der Waals surface area contributed by atoms with E-state index in [0.717, 1.165) is 36.3 Å². The van der Waals surface area contributed by atoms with E-state index in [1.54, 1.807) is 6.07 Å². The second-order valence-electron chi connectivity index (χ2n) is 7.47. The van der Waals surface area contributed by atoms with Crippen LogP contribution in [0.15, 0.2) is 47.6 Å². The summed E-state index contributed by atoms with van der Waals surface area (Å²) in [4.78, 5) is 15.7. The first-order valence-electron chi connectivity index (χ1n) is 10.9. The van der Waals surface area contributed by atoms with Gasteiger partial charge >= 0.3 is 0 Å². The fourth-order valence-corrected chi connectivity index (χ4v) is 4.22. The van der Waals surface area contributed by atoms with E-state index >= 15 is 0 Å². The molecule has 33 heavy (non-hydrogen) atoms. The maximum Gasteiger partial charge on any atom is 0.270 e. The molecule has 0 unspecified atom stereocenters. The molecule has 0 amide bonds. The molecule has 172 valence electrons. The van der Waals surface area contributed by atoms with Crippen molar-refractivity contribution in [2.75, 3.05) is 17.7 Å². The van der Waals surface area contributed by atoms with Crippen LogP contribution in [0.25, 0.3) is 11.3 Å². The number of thioether (sulfide) groups is 1. The van der Waals surface area contributed by atoms with Crippen molar-refractivity contribution in [2.24, 2.45) is 0 Å². The zero-order chi connectivity index (χ0) is 23.2. The molecular formula is C23H25N5O4S. The minimum Gasteiger partial charge on any atom is -0.493 e. The van der Waals surface area contributed by atoms with E-state index < -0.39 is 11.2 Å². The Balaban J connectivity index is 1.78. The first-order chi connectivity index (χ1) is 16.1. The Kier molecular flexibility index (Phi) is 7.23. The van der Waals surface area contributed by atoms with Crippen LogP contribution >= 0.6 is 11.8 Å². The largest absolute Gasteiger partial charge is 0.493 e. The number of unbranched alkanes of at least 4 members (excludes halogenated alkanes) is 1. The Hall–Kier alpha value is -3.40. The molecule has 0 bridgehead atoms. The number of ether oxygens (including phenoxy) is 2. The van der Waals surface area contributed by atoms with Gasteiger partial charge in [0.2, 0.25) is 17.3 Å². The second kappa shape index (κ2) is 10.5. The minimum absolute atomic E-state index is 0.0476. The van der Waals surface area contributed by atoms with E-state index in [1.807, 2.05) is 31.2 Å². The molecule has 0 saturated carbocycles. The van der Waals surface area contributed by atoms with E-state index in [4.69, 9.17) is 9.47 Å². The van der Waals surface area contributed by atoms with E-state index in [0.29, 0.717) is 34.7 Å². The van der Waals surface area contributed by atoms with Crippen LogP contribution < -0.4 is 14.8 Å². The molecular weight excluding hydrogens is 442 g/mol. The summed E-state index contributed by atoms with van der Waals surface area (Å²) in [5.41, 5.74) is 2.54. The summed E-state index contributed by atoms with van der Waals surface area (Å²) in [6, 6.07) is 12.1. The minimum atomic E-state index is -0.774. The van der Waals surface area contributed by atoms with Gasteiger partial charge in [-0.15, -0.1) is 10.2 Å². The van der Waals surface area contributed by atoms with Gasteiger partial charge in [-0.2, -0.15) is 4.98 Å². The summed E-state index contributed by atoms with van der Waals surface area (Å²) < 4.78 is 12.2. The average molecular weight is 468 g/mol. The fourth-order valence-electron chi connectivity index (χ4n) is 3.35. The van der Waals surface area contributed by atoms with Crippen molar-refractivity contribution in [1.29, 1.82) is 0 Å². The van der Waals surface area contributed by atoms with Gasteiger partial charge in [0.1, 0.15) is 5.75 Å². The molecule has 9 nitrogen and oxygen atoms in total. The highest BCUT2D eigenvalue weighted by Gasteiger charge is 2.29. The van der Waals surface area contributed by atoms with Crippen molar-refractivity contribution in [2.45, 2.75) is 44.5 Å². The molecule has 0 saturated heterocycles. The van der Waals surface area contributed by atoms with Crippen LogP contribution in [0, 0.1) is 10.1 Å². The molecule has 2 aromatic carbocycles. The summed E-state index contributed by atoms with van der Waals surface area (Å²) >= 11 is 1.52. The fraction of sp³-hybridized carbons (Fsp3) is 0.348. The molecule has 0 fully saturated rings. The highest BCUT2D eigenvalue weighted by atomic mass is 32.2. The maximum absolute atomic E-state index is 11.5. The third kappa shape index (κ3) is 5.16. The van der Waals surface area contributed by atoms with Crippen LogP contribution in [0.5, 0.6) is 11.6 Å². The number of nitrogens with zero attached hydrogens (tertiary/aromatic N) is 4. The molecule has 1 atom stereocenters. The number of anilines is 1. The SMILES string of the molecule is CCCCSc1nnc2c(n1)O[C@H](c1cc([N+](=O)[O-])ccc1OCCC)Nc1ccccc1-2. The van der Waals surface area contributed by atoms with Gasteiger partial charge in [-0.05, 0) is 25.0 Å². The van der Waals surface area contributed by atoms with Gasteiger partial charge in [-0.1, -0.05) is 50.2 Å². The number of aromatic nitrogens is 3. The molecule has 0 radical (unpaired) electrons. The zero-order valence-corrected chi connectivity index (χ0v) is 19.3. The Labute approximate surface area is 196 Å². The Bertz CT molecular complexity index is 1140. The Morgan fingerprint density at radius 1 is 1.18 bits per heavy atom. The summed E-state index contributed by atoms with van der Waals surface area (Å²) in [6.45, 7) is 4.61. The van der Waals surface area contributed by atoms with Gasteiger partial charge in [0.05, 0.1) is 17.1 Å². The van der Waals surface area contributed by atoms with Crippen molar-refractivity contribution >= 4 is 23.1 Å². The molecule has 1 aliphatic rings. The molecule has 1 aromatic heterocycles. The number of hydrogen-bond acceptors (Lipinski definition) is 9. The topological polar surface area (TPSA) is 112 Å². The third-order valence-electron chi connectivity index (χ3n) is 5.01. The molecule has 4 rings (SSSR count). The number of para-hydroxylation sites is 1. The van der Waals surface area contributed by atoms with Crippen molar-refractivity contribution < 1.29 is 14.4 Å². The monoisotopic (exact) mass is 467 g/mol. The van der Waals surface area contributed by atoms with Gasteiger partial charge in [-0.25, -0.2) is 0 Å². The number of non-ortho nitro benzene ring substituents is 1. The number of fused-ring (bicyclic) bond motifs is 3. The summed E-state index contributed by atoms with van der Waals surface area (Å²) in [5.74, 6) is 1.72. The predicted molar refractivity (Wildman–Crippen MR) is 127 cm³/mol. The lowest BCUT2D eigenvalue weighted by Crippen LogP contribution is -2.18. The number of hydrogen-bond donors (Lipinski definition) is 1. The third-order valence-corrected chi connectivity index (χ3v) is 5.93. The van der Waals surface area contributed by atoms with Crippen LogP contribution in [-0.4, -0.2) is 32.5 Å². The van der Waals surface area contributed by atoms with Gasteiger partial charge in [0.15, 0.2) is 5.69 Å². The van der Waals surface area contributed by atoms with Gasteiger partial charge in [-0.3, -0.25) is 10.1 Å². The first kappa shape index (κ1) is 22.8. The number of nitrogens with one attached hydrogen (secondary N) is 1. The van der Waals surface area contributed by atoms with Gasteiger partial charge in [0, 0.05) is 29.1 Å². The summed E-state index contributed by atoms with van der Waals surface area (Å²) in [6.07, 6.45) is 2.15. The standard InChI is InChI=1S/C23H25N5O4S/c1-3-5-13-33-23-25-22-20(26-27-23)16-8-6-7-9-18(16)24-21(32-22)17-14-15(28(29)30)10-11-19(17)31-12-4-2/h6-11,14,21,24H,3-5,12-13H2,1-2H3/t21-/m1/s1. The molecule has 2 heterocycles. The van der Waals surface area contributed by atoms with Crippen LogP contribution in [0.2, 0.25) is 0 Å². The average Bonchev–Trinajstić information content (AvgIpc) is 2.99. The number of benzene rings is 2. The zero-order valence-electron chi connectivity index (χ0n) is 18.5. The normalized spacial score (nSPS) is 14.3. The molecule has 3 aromatic rings. The lowest BCUT2D eigenvalue weighted by Gasteiger charge is -2.21. The van der Waals surface area contributed by atoms with Crippen molar-refractivity contribution in [1.82, 2.24) is 15.2 Å². The van der Waals surface area contributed by atoms with Gasteiger partial charge in [0.25, 0.3) is 5.69 Å². The van der Waals surface area contributed by atoms with E-state index in [2.05, 4.69) is 27.4 Å². The van der Waals surface area contributed by atoms with E-state index in [1.165, 1.54) is 23.9 Å². The van der Waals surface area contributed by atoms with Crippen molar-refractivity contribution in [3.05, 3.63) is 58.1 Å². The van der Waals surface area contributed by atoms with Crippen LogP contribution in [0.3, 0.4) is 0 Å².